The molecule has 2 saturated heterocycles. The summed E-state index contributed by atoms with van der Waals surface area (Å²) in [4.78, 5) is 36.0. The summed E-state index contributed by atoms with van der Waals surface area (Å²) in [6.45, 7) is 3.99. The van der Waals surface area contributed by atoms with Gasteiger partial charge in [0.1, 0.15) is 6.04 Å². The van der Waals surface area contributed by atoms with E-state index >= 15 is 0 Å². The van der Waals surface area contributed by atoms with Gasteiger partial charge in [0.25, 0.3) is 0 Å². The number of hydrogen-bond donors (Lipinski definition) is 0. The lowest BCUT2D eigenvalue weighted by atomic mass is 9.91. The molecule has 0 N–H and O–H groups in total. The van der Waals surface area contributed by atoms with Crippen LogP contribution in [0.25, 0.3) is 0 Å². The summed E-state index contributed by atoms with van der Waals surface area (Å²) in [5.41, 5.74) is 0. The molecule has 0 radical (unpaired) electrons. The molecule has 2 aliphatic heterocycles. The van der Waals surface area contributed by atoms with Crippen molar-refractivity contribution < 1.29 is 19.1 Å². The van der Waals surface area contributed by atoms with E-state index in [4.69, 9.17) is 0 Å². The molecule has 2 aliphatic rings. The van der Waals surface area contributed by atoms with Crippen LogP contribution in [0.15, 0.2) is 12.7 Å². The summed E-state index contributed by atoms with van der Waals surface area (Å²) < 4.78 is 4.57. The number of likely N-dealkylation sites (tertiary alicyclic amines) is 1. The minimum Gasteiger partial charge on any atom is -0.391 e. The number of rotatable bonds is 2. The number of ether oxygens (including phenoxy) is 1. The molecule has 5 nitrogen and oxygen atoms in total. The van der Waals surface area contributed by atoms with Crippen LogP contribution in [-0.4, -0.2) is 35.3 Å². The smallest absolute Gasteiger partial charge is 0.337 e. The summed E-state index contributed by atoms with van der Waals surface area (Å²) in [6.07, 6.45) is 3.03. The van der Waals surface area contributed by atoms with Crippen LogP contribution in [0.1, 0.15) is 19.3 Å². The summed E-state index contributed by atoms with van der Waals surface area (Å²) in [6, 6.07) is -0.700. The van der Waals surface area contributed by atoms with Crippen molar-refractivity contribution in [2.24, 2.45) is 5.92 Å². The number of esters is 2. The maximum absolute atomic E-state index is 11.7. The standard InChI is InChI=1S/C11H13NO4/c1-2-4-8(13)12-6-3-5-7-9(12)11(15)16-10(7)14/h2,7,9H,1,3-6H2/t7-,9+/m1/s1. The van der Waals surface area contributed by atoms with Gasteiger partial charge in [-0.25, -0.2) is 4.79 Å². The van der Waals surface area contributed by atoms with Crippen LogP contribution in [0.4, 0.5) is 0 Å². The summed E-state index contributed by atoms with van der Waals surface area (Å²) in [5.74, 6) is -1.72. The zero-order chi connectivity index (χ0) is 11.7. The van der Waals surface area contributed by atoms with E-state index in [1.54, 1.807) is 0 Å². The van der Waals surface area contributed by atoms with E-state index in [1.165, 1.54) is 11.0 Å². The maximum atomic E-state index is 11.7. The molecule has 86 valence electrons. The van der Waals surface area contributed by atoms with Crippen molar-refractivity contribution >= 4 is 17.8 Å². The second-order valence-electron chi connectivity index (χ2n) is 4.01. The molecule has 2 fully saturated rings. The van der Waals surface area contributed by atoms with Crippen LogP contribution in [0.3, 0.4) is 0 Å². The lowest BCUT2D eigenvalue weighted by Crippen LogP contribution is -2.50. The van der Waals surface area contributed by atoms with Crippen molar-refractivity contribution in [2.45, 2.75) is 25.3 Å². The molecule has 1 amide bonds. The molecular weight excluding hydrogens is 210 g/mol. The van der Waals surface area contributed by atoms with Crippen LogP contribution in [0, 0.1) is 5.92 Å². The van der Waals surface area contributed by atoms with E-state index in [9.17, 15) is 14.4 Å². The first-order valence-corrected chi connectivity index (χ1v) is 5.31. The molecule has 0 unspecified atom stereocenters. The zero-order valence-corrected chi connectivity index (χ0v) is 8.85. The van der Waals surface area contributed by atoms with Crippen molar-refractivity contribution in [1.29, 1.82) is 0 Å². The molecule has 5 heteroatoms. The Morgan fingerprint density at radius 1 is 1.50 bits per heavy atom. The minimum atomic E-state index is -0.700. The lowest BCUT2D eigenvalue weighted by Gasteiger charge is -2.33. The van der Waals surface area contributed by atoms with Gasteiger partial charge in [0, 0.05) is 13.0 Å². The largest absolute Gasteiger partial charge is 0.391 e. The molecule has 0 bridgehead atoms. The Morgan fingerprint density at radius 3 is 2.94 bits per heavy atom. The monoisotopic (exact) mass is 223 g/mol. The van der Waals surface area contributed by atoms with Crippen LogP contribution >= 0.6 is 0 Å². The second-order valence-corrected chi connectivity index (χ2v) is 4.01. The Bertz CT molecular complexity index is 363. The van der Waals surface area contributed by atoms with Gasteiger partial charge >= 0.3 is 11.9 Å². The molecule has 0 aromatic heterocycles. The number of hydrogen-bond acceptors (Lipinski definition) is 4. The average Bonchev–Trinajstić information content (AvgIpc) is 2.55. The third kappa shape index (κ3) is 1.62. The first-order chi connectivity index (χ1) is 7.65. The Kier molecular flexibility index (Phi) is 2.77. The fourth-order valence-corrected chi connectivity index (χ4v) is 2.29. The van der Waals surface area contributed by atoms with Crippen molar-refractivity contribution in [1.82, 2.24) is 4.90 Å². The van der Waals surface area contributed by atoms with Crippen LogP contribution < -0.4 is 0 Å². The Labute approximate surface area is 93.0 Å². The Balaban J connectivity index is 2.20. The number of nitrogens with zero attached hydrogens (tertiary/aromatic N) is 1. The second kappa shape index (κ2) is 4.08. The van der Waals surface area contributed by atoms with Crippen LogP contribution in [0.5, 0.6) is 0 Å². The fourth-order valence-electron chi connectivity index (χ4n) is 2.29. The van der Waals surface area contributed by atoms with E-state index in [1.807, 2.05) is 0 Å². The third-order valence-corrected chi connectivity index (χ3v) is 3.02. The van der Waals surface area contributed by atoms with Crippen molar-refractivity contribution in [3.63, 3.8) is 0 Å². The number of piperidine rings is 1. The SMILES string of the molecule is C=CCC(=O)N1CCC[C@H]2C(=O)OC(=O)[C@H]21. The van der Waals surface area contributed by atoms with Gasteiger partial charge in [-0.05, 0) is 12.8 Å². The lowest BCUT2D eigenvalue weighted by molar-refractivity contribution is -0.155. The summed E-state index contributed by atoms with van der Waals surface area (Å²) >= 11 is 0. The minimum absolute atomic E-state index is 0.170. The van der Waals surface area contributed by atoms with Crippen LogP contribution in [0.2, 0.25) is 0 Å². The van der Waals surface area contributed by atoms with Crippen LogP contribution in [-0.2, 0) is 19.1 Å². The molecular formula is C11H13NO4. The van der Waals surface area contributed by atoms with Gasteiger partial charge in [-0.2, -0.15) is 0 Å². The van der Waals surface area contributed by atoms with Crippen molar-refractivity contribution in [3.05, 3.63) is 12.7 Å². The molecule has 0 aromatic rings. The third-order valence-electron chi connectivity index (χ3n) is 3.02. The highest BCUT2D eigenvalue weighted by Crippen LogP contribution is 2.31. The van der Waals surface area contributed by atoms with E-state index in [0.717, 1.165) is 6.42 Å². The number of cyclic esters (lactones) is 2. The highest BCUT2D eigenvalue weighted by Gasteiger charge is 2.50. The first-order valence-electron chi connectivity index (χ1n) is 5.31. The van der Waals surface area contributed by atoms with Gasteiger partial charge in [-0.3, -0.25) is 9.59 Å². The highest BCUT2D eigenvalue weighted by molar-refractivity contribution is 6.01. The van der Waals surface area contributed by atoms with E-state index in [-0.39, 0.29) is 12.3 Å². The Hall–Kier alpha value is -1.65. The van der Waals surface area contributed by atoms with Gasteiger partial charge in [-0.15, -0.1) is 6.58 Å². The van der Waals surface area contributed by atoms with Gasteiger partial charge < -0.3 is 9.64 Å². The molecule has 2 rings (SSSR count). The van der Waals surface area contributed by atoms with E-state index in [2.05, 4.69) is 11.3 Å². The Morgan fingerprint density at radius 2 is 2.25 bits per heavy atom. The van der Waals surface area contributed by atoms with Crippen molar-refractivity contribution in [3.8, 4) is 0 Å². The van der Waals surface area contributed by atoms with E-state index < -0.39 is 23.9 Å². The normalized spacial score (nSPS) is 28.6. The molecule has 0 saturated carbocycles. The number of carbonyl (C=O) groups is 3. The number of carbonyl (C=O) groups excluding carboxylic acids is 3. The molecule has 0 aromatic carbocycles. The van der Waals surface area contributed by atoms with Gasteiger partial charge in [0.05, 0.1) is 5.92 Å². The molecule has 0 aliphatic carbocycles. The molecule has 2 atom stereocenters. The van der Waals surface area contributed by atoms with Gasteiger partial charge in [-0.1, -0.05) is 6.08 Å². The van der Waals surface area contributed by atoms with Gasteiger partial charge in [0.2, 0.25) is 5.91 Å². The predicted octanol–water partition coefficient (Wildman–Crippen LogP) is 0.253. The fraction of sp³-hybridized carbons (Fsp3) is 0.545. The van der Waals surface area contributed by atoms with Gasteiger partial charge in [0.15, 0.2) is 0 Å². The maximum Gasteiger partial charge on any atom is 0.337 e. The quantitative estimate of drug-likeness (QED) is 0.382. The summed E-state index contributed by atoms with van der Waals surface area (Å²) in [5, 5.41) is 0. The van der Waals surface area contributed by atoms with E-state index in [0.29, 0.717) is 13.0 Å². The molecule has 16 heavy (non-hydrogen) atoms. The molecule has 2 heterocycles. The molecule has 0 spiro atoms. The van der Waals surface area contributed by atoms with Crippen molar-refractivity contribution in [2.75, 3.05) is 6.54 Å². The zero-order valence-electron chi connectivity index (χ0n) is 8.85. The predicted molar refractivity (Wildman–Crippen MR) is 54.1 cm³/mol. The topological polar surface area (TPSA) is 63.7 Å². The first kappa shape index (κ1) is 10.9. The average molecular weight is 223 g/mol. The summed E-state index contributed by atoms with van der Waals surface area (Å²) in [7, 11) is 0. The highest BCUT2D eigenvalue weighted by atomic mass is 16.6. The number of fused-ring (bicyclic) bond motifs is 1. The number of amides is 1.